The highest BCUT2D eigenvalue weighted by molar-refractivity contribution is 6.30. The van der Waals surface area contributed by atoms with Crippen molar-refractivity contribution in [2.24, 2.45) is 0 Å². The summed E-state index contributed by atoms with van der Waals surface area (Å²) in [5, 5.41) is 3.33. The number of hydrogen-bond donors (Lipinski definition) is 1. The molecule has 6 heteroatoms. The third-order valence-electron chi connectivity index (χ3n) is 2.96. The van der Waals surface area contributed by atoms with Crippen LogP contribution in [0.5, 0.6) is 5.75 Å². The van der Waals surface area contributed by atoms with E-state index in [4.69, 9.17) is 21.1 Å². The Kier molecular flexibility index (Phi) is 4.73. The smallest absolute Gasteiger partial charge is 0.350 e. The second-order valence-electron chi connectivity index (χ2n) is 5.48. The van der Waals surface area contributed by atoms with Gasteiger partial charge in [-0.05, 0) is 51.0 Å². The van der Waals surface area contributed by atoms with Crippen molar-refractivity contribution in [1.29, 1.82) is 0 Å². The molecule has 114 valence electrons. The van der Waals surface area contributed by atoms with Gasteiger partial charge in [0.15, 0.2) is 12.2 Å². The summed E-state index contributed by atoms with van der Waals surface area (Å²) in [6.45, 7) is 2.88. The summed E-state index contributed by atoms with van der Waals surface area (Å²) in [5.41, 5.74) is -1.19. The van der Waals surface area contributed by atoms with Gasteiger partial charge in [0.05, 0.1) is 0 Å². The number of carbonyl (C=O) groups excluding carboxylic acids is 2. The van der Waals surface area contributed by atoms with E-state index in [-0.39, 0.29) is 18.6 Å². The Labute approximate surface area is 128 Å². The molecule has 0 aliphatic heterocycles. The van der Waals surface area contributed by atoms with E-state index in [9.17, 15) is 9.59 Å². The number of nitrogens with one attached hydrogen (secondary N) is 1. The van der Waals surface area contributed by atoms with E-state index >= 15 is 0 Å². The van der Waals surface area contributed by atoms with E-state index in [1.807, 2.05) is 0 Å². The molecular weight excluding hydrogens is 294 g/mol. The molecule has 1 aromatic carbocycles. The Morgan fingerprint density at radius 1 is 1.29 bits per heavy atom. The fourth-order valence-corrected chi connectivity index (χ4v) is 1.77. The van der Waals surface area contributed by atoms with Gasteiger partial charge in [0.2, 0.25) is 0 Å². The van der Waals surface area contributed by atoms with Crippen LogP contribution in [0.3, 0.4) is 0 Å². The molecule has 0 bridgehead atoms. The number of rotatable bonds is 6. The number of esters is 1. The third-order valence-corrected chi connectivity index (χ3v) is 3.21. The third kappa shape index (κ3) is 4.93. The van der Waals surface area contributed by atoms with Crippen molar-refractivity contribution in [2.45, 2.75) is 38.3 Å². The minimum absolute atomic E-state index is 0.245. The minimum atomic E-state index is -1.19. The van der Waals surface area contributed by atoms with Crippen molar-refractivity contribution in [3.8, 4) is 5.75 Å². The molecule has 0 saturated heterocycles. The van der Waals surface area contributed by atoms with Crippen molar-refractivity contribution in [2.75, 3.05) is 6.61 Å². The van der Waals surface area contributed by atoms with Crippen LogP contribution in [0.2, 0.25) is 5.02 Å². The second kappa shape index (κ2) is 6.35. The summed E-state index contributed by atoms with van der Waals surface area (Å²) in [6, 6.07) is 6.91. The normalized spacial score (nSPS) is 14.4. The molecule has 0 heterocycles. The van der Waals surface area contributed by atoms with E-state index in [2.05, 4.69) is 5.32 Å². The molecule has 1 fully saturated rings. The molecule has 1 amide bonds. The second-order valence-corrected chi connectivity index (χ2v) is 5.92. The molecule has 0 aromatic heterocycles. The molecule has 1 aliphatic rings. The summed E-state index contributed by atoms with van der Waals surface area (Å²) in [6.07, 6.45) is 1.98. The highest BCUT2D eigenvalue weighted by Gasteiger charge is 2.33. The van der Waals surface area contributed by atoms with Crippen LogP contribution in [0.4, 0.5) is 0 Å². The van der Waals surface area contributed by atoms with E-state index in [1.54, 1.807) is 38.1 Å². The quantitative estimate of drug-likeness (QED) is 0.819. The lowest BCUT2D eigenvalue weighted by Gasteiger charge is -2.24. The largest absolute Gasteiger partial charge is 0.476 e. The van der Waals surface area contributed by atoms with Gasteiger partial charge in [0.25, 0.3) is 5.91 Å². The molecule has 2 rings (SSSR count). The van der Waals surface area contributed by atoms with Crippen LogP contribution >= 0.6 is 11.6 Å². The first kappa shape index (κ1) is 15.6. The number of benzene rings is 1. The van der Waals surface area contributed by atoms with Crippen molar-refractivity contribution >= 4 is 23.5 Å². The van der Waals surface area contributed by atoms with E-state index in [1.165, 1.54) is 0 Å². The zero-order chi connectivity index (χ0) is 15.5. The van der Waals surface area contributed by atoms with Crippen LogP contribution in [0.25, 0.3) is 0 Å². The van der Waals surface area contributed by atoms with Crippen LogP contribution in [0.15, 0.2) is 24.3 Å². The summed E-state index contributed by atoms with van der Waals surface area (Å²) in [5.74, 6) is -0.375. The van der Waals surface area contributed by atoms with Crippen molar-refractivity contribution in [1.82, 2.24) is 5.32 Å². The fourth-order valence-electron chi connectivity index (χ4n) is 1.64. The maximum atomic E-state index is 12.0. The molecule has 5 nitrogen and oxygen atoms in total. The van der Waals surface area contributed by atoms with Crippen molar-refractivity contribution in [3.63, 3.8) is 0 Å². The number of hydrogen-bond acceptors (Lipinski definition) is 4. The monoisotopic (exact) mass is 311 g/mol. The number of carbonyl (C=O) groups is 2. The lowest BCUT2D eigenvalue weighted by Crippen LogP contribution is -2.41. The lowest BCUT2D eigenvalue weighted by atomic mass is 10.1. The van der Waals surface area contributed by atoms with Crippen molar-refractivity contribution < 1.29 is 19.1 Å². The molecule has 1 aliphatic carbocycles. The maximum Gasteiger partial charge on any atom is 0.350 e. The molecule has 0 unspecified atom stereocenters. The molecular formula is C15H18ClNO4. The summed E-state index contributed by atoms with van der Waals surface area (Å²) in [7, 11) is 0. The summed E-state index contributed by atoms with van der Waals surface area (Å²) < 4.78 is 10.6. The highest BCUT2D eigenvalue weighted by Crippen LogP contribution is 2.22. The number of ether oxygens (including phenoxy) is 2. The zero-order valence-corrected chi connectivity index (χ0v) is 12.8. The Bertz CT molecular complexity index is 523. The van der Waals surface area contributed by atoms with Gasteiger partial charge in [-0.15, -0.1) is 0 Å². The molecule has 0 spiro atoms. The molecule has 1 N–H and O–H groups in total. The first-order valence-corrected chi connectivity index (χ1v) is 7.16. The topological polar surface area (TPSA) is 64.6 Å². The van der Waals surface area contributed by atoms with E-state index in [0.717, 1.165) is 12.8 Å². The first-order chi connectivity index (χ1) is 9.87. The van der Waals surface area contributed by atoms with Crippen molar-refractivity contribution in [3.05, 3.63) is 29.3 Å². The Balaban J connectivity index is 1.83. The van der Waals surface area contributed by atoms with Gasteiger partial charge in [-0.3, -0.25) is 4.79 Å². The zero-order valence-electron chi connectivity index (χ0n) is 12.0. The maximum absolute atomic E-state index is 12.0. The van der Waals surface area contributed by atoms with Gasteiger partial charge < -0.3 is 14.8 Å². The Morgan fingerprint density at radius 2 is 1.90 bits per heavy atom. The van der Waals surface area contributed by atoms with E-state index in [0.29, 0.717) is 10.8 Å². The predicted molar refractivity (Wildman–Crippen MR) is 78.3 cm³/mol. The van der Waals surface area contributed by atoms with Crippen LogP contribution in [-0.4, -0.2) is 30.1 Å². The highest BCUT2D eigenvalue weighted by atomic mass is 35.5. The summed E-state index contributed by atoms with van der Waals surface area (Å²) in [4.78, 5) is 23.5. The van der Waals surface area contributed by atoms with Crippen LogP contribution in [0.1, 0.15) is 26.7 Å². The van der Waals surface area contributed by atoms with Crippen LogP contribution in [0, 0.1) is 0 Å². The lowest BCUT2D eigenvalue weighted by molar-refractivity contribution is -0.162. The van der Waals surface area contributed by atoms with Gasteiger partial charge in [-0.2, -0.15) is 0 Å². The number of halogens is 1. The molecule has 1 saturated carbocycles. The number of amides is 1. The van der Waals surface area contributed by atoms with Gasteiger partial charge >= 0.3 is 5.97 Å². The molecule has 21 heavy (non-hydrogen) atoms. The van der Waals surface area contributed by atoms with Gasteiger partial charge in [-0.1, -0.05) is 11.6 Å². The average Bonchev–Trinajstić information content (AvgIpc) is 3.22. The van der Waals surface area contributed by atoms with Crippen LogP contribution < -0.4 is 10.1 Å². The molecule has 1 aromatic rings. The fraction of sp³-hybridized carbons (Fsp3) is 0.467. The van der Waals surface area contributed by atoms with Gasteiger partial charge in [-0.25, -0.2) is 4.79 Å². The van der Waals surface area contributed by atoms with Crippen LogP contribution in [-0.2, 0) is 14.3 Å². The van der Waals surface area contributed by atoms with E-state index < -0.39 is 11.6 Å². The van der Waals surface area contributed by atoms with Gasteiger partial charge in [0.1, 0.15) is 5.75 Å². The summed E-state index contributed by atoms with van der Waals surface area (Å²) >= 11 is 5.78. The Morgan fingerprint density at radius 3 is 2.48 bits per heavy atom. The Hall–Kier alpha value is -1.75. The molecule has 0 radical (unpaired) electrons. The minimum Gasteiger partial charge on any atom is -0.476 e. The standard InChI is InChI=1S/C15H18ClNO4/c1-15(2,21-12-7-3-10(16)4-8-12)14(19)20-9-13(18)17-11-5-6-11/h3-4,7-8,11H,5-6,9H2,1-2H3,(H,17,18). The average molecular weight is 312 g/mol. The molecule has 0 atom stereocenters. The predicted octanol–water partition coefficient (Wildman–Crippen LogP) is 2.32. The SMILES string of the molecule is CC(C)(Oc1ccc(Cl)cc1)C(=O)OCC(=O)NC1CC1. The first-order valence-electron chi connectivity index (χ1n) is 6.78. The van der Waals surface area contributed by atoms with Gasteiger partial charge in [0, 0.05) is 11.1 Å².